The number of alkyl halides is 3. The average Bonchev–Trinajstić information content (AvgIpc) is 3.33. The van der Waals surface area contributed by atoms with Gasteiger partial charge in [-0.05, 0) is 65.0 Å². The van der Waals surface area contributed by atoms with Crippen LogP contribution in [-0.2, 0) is 61.0 Å². The van der Waals surface area contributed by atoms with E-state index in [1.807, 2.05) is 60.7 Å². The zero-order chi connectivity index (χ0) is 58.1. The van der Waals surface area contributed by atoms with E-state index in [4.69, 9.17) is 25.1 Å². The number of nitrogens with two attached hydrogens (primary N) is 1. The number of amides is 6. The summed E-state index contributed by atoms with van der Waals surface area (Å²) in [5.41, 5.74) is 12.5. The number of carbonyl (C=O) groups excluding carboxylic acids is 9. The van der Waals surface area contributed by atoms with Crippen LogP contribution < -0.4 is 53.9 Å². The Morgan fingerprint density at radius 1 is 0.662 bits per heavy atom. The molecule has 428 valence electrons. The molecule has 77 heavy (non-hydrogen) atoms. The number of halogens is 3. The second kappa shape index (κ2) is 36.1. The summed E-state index contributed by atoms with van der Waals surface area (Å²) in [7, 11) is 0. The second-order valence-electron chi connectivity index (χ2n) is 18.1. The summed E-state index contributed by atoms with van der Waals surface area (Å²) in [6.07, 6.45) is -4.16. The van der Waals surface area contributed by atoms with Crippen molar-refractivity contribution in [1.82, 2.24) is 37.3 Å². The lowest BCUT2D eigenvalue weighted by atomic mass is 9.94. The Bertz CT molecular complexity index is 2260. The van der Waals surface area contributed by atoms with Crippen molar-refractivity contribution in [3.8, 4) is 0 Å². The van der Waals surface area contributed by atoms with Crippen LogP contribution in [0.15, 0.2) is 65.7 Å². The van der Waals surface area contributed by atoms with Crippen LogP contribution >= 0.6 is 0 Å². The van der Waals surface area contributed by atoms with Gasteiger partial charge in [0, 0.05) is 75.8 Å². The number of rotatable bonds is 32. The van der Waals surface area contributed by atoms with Crippen LogP contribution in [0.1, 0.15) is 110 Å². The number of ketones is 1. The number of hydrogen-bond acceptors (Lipinski definition) is 15. The molecule has 0 aliphatic rings. The third kappa shape index (κ3) is 32.9. The number of carboxylic acids is 1. The molecule has 25 nitrogen and oxygen atoms in total. The molecule has 0 radical (unpaired) electrons. The number of Topliss-reactive ketones (excluding diaryl/α,β-unsaturated/α-hetero) is 1. The number of esters is 1. The quantitative estimate of drug-likeness (QED) is 0.0119. The summed E-state index contributed by atoms with van der Waals surface area (Å²) in [6, 6.07) is 14.4. The molecular weight excluding hydrogens is 1020 g/mol. The van der Waals surface area contributed by atoms with Gasteiger partial charge in [-0.25, -0.2) is 19.9 Å². The maximum absolute atomic E-state index is 13.2. The number of aliphatic imine (C=N–C) groups is 1. The molecular formula is C49H72F3N11O14. The Kier molecular flexibility index (Phi) is 31.5. The van der Waals surface area contributed by atoms with Gasteiger partial charge in [-0.2, -0.15) is 13.2 Å². The second-order valence-corrected chi connectivity index (χ2v) is 18.1. The minimum Gasteiger partial charge on any atom is -0.542 e. The minimum absolute atomic E-state index is 0.0408. The summed E-state index contributed by atoms with van der Waals surface area (Å²) in [5, 5.41) is 34.5. The standard InChI is InChI=1S/C47H71N11O12.C2HF3O2/c1-30(23-38(59)27-37(45(65)69-28-35-15-8-6-9-16-35)19-12-13-21-51-47(66)70-29-36-17-10-7-11-18-36)52-40(60)24-31(2)53-41(61)25-32(3)54-42(62)26-33(4)55-43(63)34(5)56-44(64)39(48)20-14-22-50-46(49)57-58(67)68;3-2(4,5)1(6)7/h6-11,15-18,30-34,37,39H,12-14,19-29,48H2,1-5H3,(H,51,66)(H,52,60)(H,53,61)(H,54,62)(H,55,63)(H,56,64)(H3,49,50,57);(H,6,7)/t30-,31-,32-,33-,34+,37-,39+;/m1./s1. The fourth-order valence-corrected chi connectivity index (χ4v) is 6.93. The van der Waals surface area contributed by atoms with E-state index < -0.39 is 101 Å². The molecule has 0 aliphatic heterocycles. The van der Waals surface area contributed by atoms with E-state index in [-0.39, 0.29) is 70.0 Å². The number of aliphatic carboxylic acids is 1. The first-order chi connectivity index (χ1) is 36.1. The third-order valence-electron chi connectivity index (χ3n) is 10.7. The lowest BCUT2D eigenvalue weighted by Crippen LogP contribution is -2.68. The molecule has 0 spiro atoms. The number of guanidine groups is 1. The predicted octanol–water partition coefficient (Wildman–Crippen LogP) is 0.271. The average molecular weight is 1100 g/mol. The van der Waals surface area contributed by atoms with Crippen LogP contribution in [0.25, 0.3) is 0 Å². The SMILES string of the molecule is C[C@H](CC(=O)C[C@@H](CCCCNC(=O)OCc1ccccc1)C(=O)OCc1ccccc1)NC(=O)C[C@@H](C)NC(=O)C[C@@H](C)NC(=O)C[C@@H](C)NC(=O)[C@H](C)NC(=O)[C@@H]([NH3+])CCCN=C(N)N[N+](=O)[O-].O=C([O-])C(F)(F)F. The molecule has 7 atom stereocenters. The highest BCUT2D eigenvalue weighted by atomic mass is 19.4. The molecule has 0 aliphatic carbocycles. The molecule has 28 heteroatoms. The van der Waals surface area contributed by atoms with Crippen molar-refractivity contribution < 1.29 is 81.7 Å². The van der Waals surface area contributed by atoms with Crippen molar-refractivity contribution in [2.75, 3.05) is 13.1 Å². The molecule has 0 saturated heterocycles. The topological polar surface area (TPSA) is 389 Å². The fourth-order valence-electron chi connectivity index (χ4n) is 6.93. The fraction of sp³-hybridized carbons (Fsp3) is 0.551. The highest BCUT2D eigenvalue weighted by Crippen LogP contribution is 2.19. The van der Waals surface area contributed by atoms with Crippen LogP contribution in [0.5, 0.6) is 0 Å². The minimum atomic E-state index is -5.19. The van der Waals surface area contributed by atoms with Crippen LogP contribution in [0, 0.1) is 16.0 Å². The first-order valence-electron chi connectivity index (χ1n) is 24.6. The third-order valence-corrected chi connectivity index (χ3v) is 10.7. The van der Waals surface area contributed by atoms with E-state index in [0.29, 0.717) is 32.2 Å². The molecule has 0 fully saturated rings. The molecule has 0 heterocycles. The van der Waals surface area contributed by atoms with Crippen LogP contribution in [-0.4, -0.2) is 120 Å². The lowest BCUT2D eigenvalue weighted by Gasteiger charge is -2.21. The van der Waals surface area contributed by atoms with E-state index in [2.05, 4.69) is 42.6 Å². The van der Waals surface area contributed by atoms with Crippen molar-refractivity contribution in [3.05, 3.63) is 81.9 Å². The van der Waals surface area contributed by atoms with E-state index >= 15 is 0 Å². The summed E-state index contributed by atoms with van der Waals surface area (Å²) in [6.45, 7) is 8.65. The van der Waals surface area contributed by atoms with E-state index in [0.717, 1.165) is 11.1 Å². The van der Waals surface area contributed by atoms with Crippen molar-refractivity contribution in [3.63, 3.8) is 0 Å². The van der Waals surface area contributed by atoms with Gasteiger partial charge in [-0.1, -0.05) is 72.5 Å². The van der Waals surface area contributed by atoms with Gasteiger partial charge in [0.2, 0.25) is 23.6 Å². The van der Waals surface area contributed by atoms with Crippen LogP contribution in [0.4, 0.5) is 18.0 Å². The molecule has 2 aromatic rings. The van der Waals surface area contributed by atoms with E-state index in [1.54, 1.807) is 33.1 Å². The number of nitrogens with zero attached hydrogens (tertiary/aromatic N) is 2. The summed E-state index contributed by atoms with van der Waals surface area (Å²) < 4.78 is 42.4. The molecule has 2 aromatic carbocycles. The predicted molar refractivity (Wildman–Crippen MR) is 268 cm³/mol. The molecule has 12 N–H and O–H groups in total. The Labute approximate surface area is 443 Å². The Hall–Kier alpha value is -7.91. The van der Waals surface area contributed by atoms with Gasteiger partial charge in [-0.3, -0.25) is 33.6 Å². The Morgan fingerprint density at radius 3 is 1.61 bits per heavy atom. The summed E-state index contributed by atoms with van der Waals surface area (Å²) in [4.78, 5) is 125. The van der Waals surface area contributed by atoms with Crippen molar-refractivity contribution in [2.45, 2.75) is 154 Å². The maximum atomic E-state index is 13.2. The molecule has 0 unspecified atom stereocenters. The highest BCUT2D eigenvalue weighted by Gasteiger charge is 2.29. The summed E-state index contributed by atoms with van der Waals surface area (Å²) >= 11 is 0. The number of hydrogen-bond donors (Lipinski definition) is 9. The van der Waals surface area contributed by atoms with Gasteiger partial charge in [0.1, 0.15) is 31.0 Å². The number of ether oxygens (including phenoxy) is 2. The molecule has 6 amide bonds. The van der Waals surface area contributed by atoms with Gasteiger partial charge in [-0.15, -0.1) is 0 Å². The zero-order valence-electron chi connectivity index (χ0n) is 43.7. The van der Waals surface area contributed by atoms with Gasteiger partial charge in [0.25, 0.3) is 11.9 Å². The van der Waals surface area contributed by atoms with E-state index in [1.165, 1.54) is 6.92 Å². The maximum Gasteiger partial charge on any atom is 0.430 e. The number of benzene rings is 2. The molecule has 0 saturated carbocycles. The number of unbranched alkanes of at least 4 members (excludes halogenated alkanes) is 1. The van der Waals surface area contributed by atoms with Crippen LogP contribution in [0.2, 0.25) is 0 Å². The zero-order valence-corrected chi connectivity index (χ0v) is 43.7. The first kappa shape index (κ1) is 67.1. The van der Waals surface area contributed by atoms with Gasteiger partial charge in [0.15, 0.2) is 11.1 Å². The number of hydrazine groups is 1. The molecule has 0 bridgehead atoms. The van der Waals surface area contributed by atoms with Gasteiger partial charge < -0.3 is 62.7 Å². The number of carboxylic acid groups (broad SMARTS) is 1. The highest BCUT2D eigenvalue weighted by molar-refractivity contribution is 5.89. The molecule has 2 rings (SSSR count). The monoisotopic (exact) mass is 1100 g/mol. The van der Waals surface area contributed by atoms with E-state index in [9.17, 15) is 61.6 Å². The van der Waals surface area contributed by atoms with Gasteiger partial charge >= 0.3 is 18.2 Å². The van der Waals surface area contributed by atoms with Crippen molar-refractivity contribution in [1.29, 1.82) is 0 Å². The molecule has 0 aromatic heterocycles. The normalized spacial score (nSPS) is 13.9. The number of nitrogens with one attached hydrogen (secondary N) is 7. The largest absolute Gasteiger partial charge is 0.542 e. The van der Waals surface area contributed by atoms with Crippen LogP contribution in [0.3, 0.4) is 0 Å². The van der Waals surface area contributed by atoms with Crippen molar-refractivity contribution in [2.24, 2.45) is 16.6 Å². The summed E-state index contributed by atoms with van der Waals surface area (Å²) in [5.74, 6) is -7.15. The first-order valence-corrected chi connectivity index (χ1v) is 24.6. The Balaban J connectivity index is 0.00000394. The number of alkyl carbamates (subject to hydrolysis) is 1. The van der Waals surface area contributed by atoms with Gasteiger partial charge in [0.05, 0.1) is 5.92 Å². The number of nitro groups is 1. The van der Waals surface area contributed by atoms with Crippen molar-refractivity contribution >= 4 is 59.3 Å². The number of carbonyl (C=O) groups is 9. The smallest absolute Gasteiger partial charge is 0.430 e. The Morgan fingerprint density at radius 2 is 1.13 bits per heavy atom. The lowest BCUT2D eigenvalue weighted by molar-refractivity contribution is -0.525. The number of quaternary nitrogens is 1.